The maximum atomic E-state index is 14.5. The van der Waals surface area contributed by atoms with Crippen LogP contribution in [-0.4, -0.2) is 144 Å². The number of carbonyl (C=O) groups excluding carboxylic acids is 6. The molecular formula is C54H79NO16. The van der Waals surface area contributed by atoms with E-state index in [9.17, 15) is 48.9 Å². The number of piperidine rings is 1. The number of allylic oxidation sites excluding steroid dienone is 6. The van der Waals surface area contributed by atoms with E-state index in [1.54, 1.807) is 48.0 Å². The lowest BCUT2D eigenvalue weighted by Crippen LogP contribution is -2.65. The third kappa shape index (κ3) is 14.4. The number of amides is 1. The standard InChI is InChI=1S/C54H79NO16/c1-30-14-11-10-12-15-31(2)42(66-7)28-37-19-17-35(6)54(65,71-37)51(62)52(63)55-23-13-16-38-39(26-36-18-20-40(56)44(27-36)67-8)43(69-53(64)47(38)55)29-41(57)32(3)25-34(5)49(70-46(60)22-21-45(58)59)50(68-9)48(61)33(4)24-30/h10-12,14-15,25,30,32-33,35-40,42-44,47,49-50,56,65H,13,16-24,26-29H2,1-9H3,(H,58,59)/b12-10+,14-11+,31-15?,34-25+/t30-,32-,33-,35-,36+,37+,38?,39+,40-,42+,43+,44-,47+,49-,50+,54-/m1/s1. The molecule has 0 aromatic heterocycles. The van der Waals surface area contributed by atoms with Crippen molar-refractivity contribution in [2.24, 2.45) is 41.4 Å². The molecule has 4 heterocycles. The van der Waals surface area contributed by atoms with Gasteiger partial charge in [0.15, 0.2) is 18.0 Å². The molecular weight excluding hydrogens is 919 g/mol. The quantitative estimate of drug-likeness (QED) is 0.140. The number of ketones is 3. The molecule has 3 saturated heterocycles. The van der Waals surface area contributed by atoms with Gasteiger partial charge < -0.3 is 48.6 Å². The Hall–Kier alpha value is -4.39. The molecule has 5 aliphatic rings. The molecule has 396 valence electrons. The van der Waals surface area contributed by atoms with Gasteiger partial charge in [0.25, 0.3) is 11.7 Å². The summed E-state index contributed by atoms with van der Waals surface area (Å²) >= 11 is 0. The molecule has 1 unspecified atom stereocenters. The zero-order chi connectivity index (χ0) is 52.3. The van der Waals surface area contributed by atoms with Gasteiger partial charge in [-0.1, -0.05) is 64.2 Å². The lowest BCUT2D eigenvalue weighted by molar-refractivity contribution is -0.266. The number of Topliss-reactive ketones (excluding diaryl/α,β-unsaturated/α-hetero) is 3. The predicted octanol–water partition coefficient (Wildman–Crippen LogP) is 5.82. The van der Waals surface area contributed by atoms with E-state index in [1.165, 1.54) is 12.0 Å². The lowest BCUT2D eigenvalue weighted by atomic mass is 9.68. The smallest absolute Gasteiger partial charge is 0.329 e. The van der Waals surface area contributed by atoms with Gasteiger partial charge in [-0.15, -0.1) is 0 Å². The van der Waals surface area contributed by atoms with Crippen molar-refractivity contribution in [3.8, 4) is 0 Å². The predicted molar refractivity (Wildman–Crippen MR) is 259 cm³/mol. The molecule has 1 aliphatic carbocycles. The fourth-order valence-corrected chi connectivity index (χ4v) is 11.5. The Morgan fingerprint density at radius 2 is 1.58 bits per heavy atom. The van der Waals surface area contributed by atoms with Gasteiger partial charge >= 0.3 is 17.9 Å². The number of nitrogens with zero attached hydrogens (tertiary/aromatic N) is 1. The molecule has 0 aromatic carbocycles. The second kappa shape index (κ2) is 26.0. The number of ether oxygens (including phenoxy) is 6. The molecule has 16 atom stereocenters. The van der Waals surface area contributed by atoms with E-state index in [-0.39, 0.29) is 42.8 Å². The van der Waals surface area contributed by atoms with Crippen molar-refractivity contribution in [3.05, 3.63) is 47.6 Å². The van der Waals surface area contributed by atoms with Crippen LogP contribution in [0.3, 0.4) is 0 Å². The van der Waals surface area contributed by atoms with E-state index < -0.39 is 127 Å². The van der Waals surface area contributed by atoms with Crippen molar-refractivity contribution in [2.45, 2.75) is 180 Å². The number of hydrogen-bond acceptors (Lipinski definition) is 15. The first-order chi connectivity index (χ1) is 33.6. The highest BCUT2D eigenvalue weighted by atomic mass is 16.6. The van der Waals surface area contributed by atoms with E-state index in [4.69, 9.17) is 28.4 Å². The second-order valence-electron chi connectivity index (χ2n) is 20.9. The Bertz CT molecular complexity index is 2040. The van der Waals surface area contributed by atoms with Crippen molar-refractivity contribution < 1.29 is 77.3 Å². The van der Waals surface area contributed by atoms with Crippen molar-refractivity contribution in [1.82, 2.24) is 4.90 Å². The minimum absolute atomic E-state index is 0.00452. The van der Waals surface area contributed by atoms with Crippen LogP contribution < -0.4 is 0 Å². The number of carboxylic acids is 1. The summed E-state index contributed by atoms with van der Waals surface area (Å²) in [5, 5.41) is 32.0. The average Bonchev–Trinajstić information content (AvgIpc) is 3.33. The van der Waals surface area contributed by atoms with Gasteiger partial charge in [0.05, 0.1) is 37.3 Å². The van der Waals surface area contributed by atoms with Crippen LogP contribution in [0.2, 0.25) is 0 Å². The van der Waals surface area contributed by atoms with E-state index in [1.807, 2.05) is 44.2 Å². The van der Waals surface area contributed by atoms with Crippen molar-refractivity contribution in [1.29, 1.82) is 0 Å². The van der Waals surface area contributed by atoms with Crippen LogP contribution in [0.25, 0.3) is 0 Å². The van der Waals surface area contributed by atoms with Crippen LogP contribution in [0, 0.1) is 41.4 Å². The largest absolute Gasteiger partial charge is 0.481 e. The summed E-state index contributed by atoms with van der Waals surface area (Å²) in [6, 6.07) is -1.18. The minimum atomic E-state index is -2.47. The van der Waals surface area contributed by atoms with Crippen molar-refractivity contribution in [3.63, 3.8) is 0 Å². The number of aliphatic hydroxyl groups is 2. The first-order valence-corrected chi connectivity index (χ1v) is 25.5. The molecule has 17 nitrogen and oxygen atoms in total. The molecule has 71 heavy (non-hydrogen) atoms. The van der Waals surface area contributed by atoms with Crippen LogP contribution in [0.4, 0.5) is 0 Å². The number of rotatable bonds is 9. The topological polar surface area (TPSA) is 239 Å². The Balaban J connectivity index is 1.55. The monoisotopic (exact) mass is 998 g/mol. The first-order valence-electron chi connectivity index (χ1n) is 25.5. The zero-order valence-electron chi connectivity index (χ0n) is 43.1. The van der Waals surface area contributed by atoms with Crippen LogP contribution in [0.5, 0.6) is 0 Å². The van der Waals surface area contributed by atoms with Gasteiger partial charge in [-0.25, -0.2) is 4.79 Å². The van der Waals surface area contributed by atoms with E-state index in [0.29, 0.717) is 63.4 Å². The van der Waals surface area contributed by atoms with Gasteiger partial charge in [-0.05, 0) is 101 Å². The number of carboxylic acid groups (broad SMARTS) is 1. The normalized spacial score (nSPS) is 39.2. The number of hydrogen-bond donors (Lipinski definition) is 3. The number of carbonyl (C=O) groups is 7. The summed E-state index contributed by atoms with van der Waals surface area (Å²) in [7, 11) is 4.42. The molecule has 1 amide bonds. The Kier molecular flexibility index (Phi) is 21.1. The molecule has 1 saturated carbocycles. The third-order valence-corrected chi connectivity index (χ3v) is 15.7. The second-order valence-corrected chi connectivity index (χ2v) is 20.9. The van der Waals surface area contributed by atoms with E-state index in [0.717, 1.165) is 5.57 Å². The van der Waals surface area contributed by atoms with E-state index >= 15 is 0 Å². The van der Waals surface area contributed by atoms with Crippen molar-refractivity contribution in [2.75, 3.05) is 27.9 Å². The minimum Gasteiger partial charge on any atom is -0.481 e. The number of aliphatic hydroxyl groups excluding tert-OH is 1. The molecule has 5 rings (SSSR count). The highest BCUT2D eigenvalue weighted by Gasteiger charge is 2.57. The maximum absolute atomic E-state index is 14.5. The summed E-state index contributed by atoms with van der Waals surface area (Å²) in [6.45, 7) is 10.6. The number of fused-ring (bicyclic) bond motifs is 3. The highest BCUT2D eigenvalue weighted by molar-refractivity contribution is 6.39. The van der Waals surface area contributed by atoms with Gasteiger partial charge in [0.1, 0.15) is 17.9 Å². The Morgan fingerprint density at radius 1 is 0.845 bits per heavy atom. The van der Waals surface area contributed by atoms with Crippen LogP contribution >= 0.6 is 0 Å². The van der Waals surface area contributed by atoms with Gasteiger partial charge in [0.2, 0.25) is 5.79 Å². The summed E-state index contributed by atoms with van der Waals surface area (Å²) < 4.78 is 35.5. The van der Waals surface area contributed by atoms with Crippen LogP contribution in [-0.2, 0) is 62.0 Å². The third-order valence-electron chi connectivity index (χ3n) is 15.7. The Labute approximate surface area is 418 Å². The maximum Gasteiger partial charge on any atom is 0.329 e. The molecule has 0 spiro atoms. The highest BCUT2D eigenvalue weighted by Crippen LogP contribution is 2.45. The number of methoxy groups -OCH3 is 3. The van der Waals surface area contributed by atoms with Crippen LogP contribution in [0.1, 0.15) is 125 Å². The molecule has 4 aliphatic heterocycles. The van der Waals surface area contributed by atoms with Gasteiger partial charge in [-0.3, -0.25) is 28.8 Å². The fraction of sp³-hybridized carbons (Fsp3) is 0.722. The molecule has 0 radical (unpaired) electrons. The van der Waals surface area contributed by atoms with E-state index in [2.05, 4.69) is 0 Å². The fourth-order valence-electron chi connectivity index (χ4n) is 11.5. The van der Waals surface area contributed by atoms with Gasteiger partial charge in [0, 0.05) is 64.4 Å². The SMILES string of the molecule is CO[C@H]1C[C@@H]2CC[C@@H](C)[C@@](O)(O2)C(=O)C(=O)N2CCCC3[C@H]2C(=O)O[C@@H](CC(=O)[C@H](C)/C=C(\C)[C@@H](OC(=O)CCC(=O)O)[C@@H](OC)C(=O)[C@H](C)C[C@H](C)/C=C/C=C/C=C1C)[C@H]3C[C@@H]1CC[C@@H](O)[C@H](OC)C1. The van der Waals surface area contributed by atoms with Crippen LogP contribution in [0.15, 0.2) is 47.6 Å². The molecule has 4 fully saturated rings. The van der Waals surface area contributed by atoms with Crippen molar-refractivity contribution >= 4 is 41.2 Å². The Morgan fingerprint density at radius 3 is 2.25 bits per heavy atom. The first kappa shape index (κ1) is 57.5. The molecule has 17 heteroatoms. The average molecular weight is 998 g/mol. The zero-order valence-corrected chi connectivity index (χ0v) is 43.1. The summed E-state index contributed by atoms with van der Waals surface area (Å²) in [5.74, 6) is -11.5. The summed E-state index contributed by atoms with van der Waals surface area (Å²) in [5.41, 5.74) is 1.16. The van der Waals surface area contributed by atoms with Gasteiger partial charge in [-0.2, -0.15) is 0 Å². The number of esters is 2. The molecule has 0 aromatic rings. The molecule has 3 N–H and O–H groups in total. The summed E-state index contributed by atoms with van der Waals surface area (Å²) in [4.78, 5) is 97.7. The molecule has 6 bridgehead atoms. The lowest BCUT2D eigenvalue weighted by Gasteiger charge is -2.50. The summed E-state index contributed by atoms with van der Waals surface area (Å²) in [6.07, 6.45) is 8.61. The number of aliphatic carboxylic acids is 1.